The lowest BCUT2D eigenvalue weighted by molar-refractivity contribution is 0.282. The number of aliphatic hydroxyl groups is 1. The van der Waals surface area contributed by atoms with Gasteiger partial charge in [0.15, 0.2) is 0 Å². The quantitative estimate of drug-likeness (QED) is 0.326. The molecule has 0 atom stereocenters. The number of hydrogen-bond donors (Lipinski definition) is 1. The van der Waals surface area contributed by atoms with Crippen LogP contribution in [-0.4, -0.2) is 24.6 Å². The molecule has 1 N–H and O–H groups in total. The Morgan fingerprint density at radius 1 is 0.969 bits per heavy atom. The predicted molar refractivity (Wildman–Crippen MR) is 129 cm³/mol. The first-order valence-electron chi connectivity index (χ1n) is 9.98. The Morgan fingerprint density at radius 3 is 2.50 bits per heavy atom. The number of halogens is 2. The van der Waals surface area contributed by atoms with Gasteiger partial charge in [0, 0.05) is 29.8 Å². The lowest BCUT2D eigenvalue weighted by Crippen LogP contribution is -1.99. The van der Waals surface area contributed by atoms with E-state index in [9.17, 15) is 5.11 Å². The molecule has 0 fully saturated rings. The molecule has 5 nitrogen and oxygen atoms in total. The van der Waals surface area contributed by atoms with Crippen LogP contribution in [0.15, 0.2) is 73.3 Å². The van der Waals surface area contributed by atoms with Gasteiger partial charge in [0.1, 0.15) is 5.15 Å². The maximum Gasteiger partial charge on any atom is 0.139 e. The van der Waals surface area contributed by atoms with Crippen LogP contribution in [0, 0.1) is 0 Å². The van der Waals surface area contributed by atoms with E-state index in [-0.39, 0.29) is 6.61 Å². The highest BCUT2D eigenvalue weighted by Crippen LogP contribution is 2.41. The maximum atomic E-state index is 10.1. The van der Waals surface area contributed by atoms with Crippen LogP contribution in [0.25, 0.3) is 44.5 Å². The molecular formula is C25H18Cl2N4O. The molecule has 2 aromatic carbocycles. The smallest absolute Gasteiger partial charge is 0.139 e. The number of aryl methyl sites for hydroxylation is 1. The van der Waals surface area contributed by atoms with Crippen LogP contribution in [0.2, 0.25) is 10.2 Å². The Balaban J connectivity index is 1.78. The second-order valence-electron chi connectivity index (χ2n) is 7.43. The summed E-state index contributed by atoms with van der Waals surface area (Å²) >= 11 is 13.4. The average Bonchev–Trinajstić information content (AvgIpc) is 3.25. The minimum atomic E-state index is -0.122. The van der Waals surface area contributed by atoms with Gasteiger partial charge >= 0.3 is 0 Å². The van der Waals surface area contributed by atoms with Gasteiger partial charge in [-0.15, -0.1) is 0 Å². The van der Waals surface area contributed by atoms with Crippen molar-refractivity contribution in [3.05, 3.63) is 89.1 Å². The van der Waals surface area contributed by atoms with Crippen molar-refractivity contribution < 1.29 is 5.11 Å². The van der Waals surface area contributed by atoms with Crippen LogP contribution in [0.3, 0.4) is 0 Å². The van der Waals surface area contributed by atoms with Crippen molar-refractivity contribution in [2.75, 3.05) is 0 Å². The standard InChI is InChI=1S/C25H18Cl2N4O/c1-31-14-28-12-20(31)24-21(17(13-32)9-10-29-24)16-7-8-19-18(11-16)23(26)22(25(27)30-19)15-5-3-2-4-6-15/h2-12,14,32H,13H2,1H3. The lowest BCUT2D eigenvalue weighted by atomic mass is 9.95. The number of nitrogens with zero attached hydrogens (tertiary/aromatic N) is 4. The third-order valence-electron chi connectivity index (χ3n) is 5.50. The van der Waals surface area contributed by atoms with Crippen molar-refractivity contribution >= 4 is 34.1 Å². The van der Waals surface area contributed by atoms with Crippen LogP contribution >= 0.6 is 23.2 Å². The van der Waals surface area contributed by atoms with Gasteiger partial charge in [0.2, 0.25) is 0 Å². The largest absolute Gasteiger partial charge is 0.392 e. The number of rotatable bonds is 4. The first-order valence-corrected chi connectivity index (χ1v) is 10.7. The number of imidazole rings is 1. The minimum Gasteiger partial charge on any atom is -0.392 e. The number of pyridine rings is 2. The lowest BCUT2D eigenvalue weighted by Gasteiger charge is -2.15. The molecule has 0 spiro atoms. The Morgan fingerprint density at radius 2 is 1.78 bits per heavy atom. The van der Waals surface area contributed by atoms with Crippen molar-refractivity contribution in [2.24, 2.45) is 7.05 Å². The predicted octanol–water partition coefficient (Wildman–Crippen LogP) is 6.16. The molecule has 0 saturated carbocycles. The van der Waals surface area contributed by atoms with Crippen LogP contribution in [0.1, 0.15) is 5.56 Å². The first kappa shape index (κ1) is 20.6. The summed E-state index contributed by atoms with van der Waals surface area (Å²) in [5.41, 5.74) is 6.33. The fourth-order valence-corrected chi connectivity index (χ4v) is 4.63. The van der Waals surface area contributed by atoms with E-state index in [1.54, 1.807) is 18.7 Å². The van der Waals surface area contributed by atoms with E-state index >= 15 is 0 Å². The number of hydrogen-bond acceptors (Lipinski definition) is 4. The molecule has 3 heterocycles. The molecule has 0 saturated heterocycles. The highest BCUT2D eigenvalue weighted by Gasteiger charge is 2.19. The summed E-state index contributed by atoms with van der Waals surface area (Å²) in [5, 5.41) is 11.7. The summed E-state index contributed by atoms with van der Waals surface area (Å²) in [6.45, 7) is -0.122. The van der Waals surface area contributed by atoms with Crippen molar-refractivity contribution in [1.29, 1.82) is 0 Å². The van der Waals surface area contributed by atoms with E-state index in [4.69, 9.17) is 23.2 Å². The Bertz CT molecular complexity index is 1450. The molecule has 158 valence electrons. The van der Waals surface area contributed by atoms with E-state index in [1.807, 2.05) is 66.2 Å². The van der Waals surface area contributed by atoms with Gasteiger partial charge in [-0.25, -0.2) is 9.97 Å². The van der Waals surface area contributed by atoms with Gasteiger partial charge in [-0.1, -0.05) is 59.6 Å². The van der Waals surface area contributed by atoms with Gasteiger partial charge in [-0.2, -0.15) is 0 Å². The second-order valence-corrected chi connectivity index (χ2v) is 8.17. The molecule has 0 aliphatic heterocycles. The summed E-state index contributed by atoms with van der Waals surface area (Å²) in [6, 6.07) is 17.3. The van der Waals surface area contributed by atoms with E-state index in [0.29, 0.717) is 21.3 Å². The highest BCUT2D eigenvalue weighted by molar-refractivity contribution is 6.42. The zero-order valence-electron chi connectivity index (χ0n) is 17.1. The van der Waals surface area contributed by atoms with Gasteiger partial charge in [0.25, 0.3) is 0 Å². The highest BCUT2D eigenvalue weighted by atomic mass is 35.5. The van der Waals surface area contributed by atoms with Crippen molar-refractivity contribution in [3.8, 4) is 33.6 Å². The normalized spacial score (nSPS) is 11.2. The Hall–Kier alpha value is -3.25. The molecule has 0 unspecified atom stereocenters. The van der Waals surface area contributed by atoms with Gasteiger partial charge in [0.05, 0.1) is 41.1 Å². The molecule has 0 aliphatic carbocycles. The summed E-state index contributed by atoms with van der Waals surface area (Å²) in [5.74, 6) is 0. The molecule has 0 bridgehead atoms. The Labute approximate surface area is 194 Å². The topological polar surface area (TPSA) is 63.8 Å². The number of fused-ring (bicyclic) bond motifs is 1. The second kappa shape index (κ2) is 8.36. The van der Waals surface area contributed by atoms with Crippen LogP contribution in [0.4, 0.5) is 0 Å². The average molecular weight is 461 g/mol. The van der Waals surface area contributed by atoms with Crippen LogP contribution in [-0.2, 0) is 13.7 Å². The third-order valence-corrected chi connectivity index (χ3v) is 6.16. The molecule has 7 heteroatoms. The summed E-state index contributed by atoms with van der Waals surface area (Å²) < 4.78 is 1.90. The van der Waals surface area contributed by atoms with Crippen molar-refractivity contribution in [2.45, 2.75) is 6.61 Å². The van der Waals surface area contributed by atoms with Crippen LogP contribution in [0.5, 0.6) is 0 Å². The molecule has 0 radical (unpaired) electrons. The summed E-state index contributed by atoms with van der Waals surface area (Å²) in [6.07, 6.45) is 5.18. The van der Waals surface area contributed by atoms with Crippen molar-refractivity contribution in [3.63, 3.8) is 0 Å². The molecule has 0 amide bonds. The molecular weight excluding hydrogens is 443 g/mol. The van der Waals surface area contributed by atoms with E-state index in [1.165, 1.54) is 0 Å². The maximum absolute atomic E-state index is 10.1. The van der Waals surface area contributed by atoms with Gasteiger partial charge in [-0.3, -0.25) is 4.98 Å². The fourth-order valence-electron chi connectivity index (χ4n) is 3.94. The first-order chi connectivity index (χ1) is 15.6. The van der Waals surface area contributed by atoms with Crippen LogP contribution < -0.4 is 0 Å². The molecule has 32 heavy (non-hydrogen) atoms. The molecule has 5 rings (SSSR count). The Kier molecular flexibility index (Phi) is 5.39. The van der Waals surface area contributed by atoms with Gasteiger partial charge < -0.3 is 9.67 Å². The summed E-state index contributed by atoms with van der Waals surface area (Å²) in [7, 11) is 1.91. The molecule has 5 aromatic rings. The zero-order valence-corrected chi connectivity index (χ0v) is 18.6. The minimum absolute atomic E-state index is 0.122. The third kappa shape index (κ3) is 3.45. The van der Waals surface area contributed by atoms with Crippen molar-refractivity contribution in [1.82, 2.24) is 19.5 Å². The SMILES string of the molecule is Cn1cncc1-c1nccc(CO)c1-c1ccc2nc(Cl)c(-c3ccccc3)c(Cl)c2c1. The monoisotopic (exact) mass is 460 g/mol. The van der Waals surface area contributed by atoms with Gasteiger partial charge in [-0.05, 0) is 34.9 Å². The summed E-state index contributed by atoms with van der Waals surface area (Å²) in [4.78, 5) is 13.4. The fraction of sp³-hybridized carbons (Fsp3) is 0.0800. The molecule has 3 aromatic heterocycles. The number of benzene rings is 2. The molecule has 0 aliphatic rings. The van der Waals surface area contributed by atoms with E-state index in [0.717, 1.165) is 39.0 Å². The van der Waals surface area contributed by atoms with E-state index in [2.05, 4.69) is 15.0 Å². The number of aliphatic hydroxyl groups excluding tert-OH is 1. The van der Waals surface area contributed by atoms with E-state index < -0.39 is 0 Å². The number of aromatic nitrogens is 4. The zero-order chi connectivity index (χ0) is 22.2.